The molecule has 0 bridgehead atoms. The minimum Gasteiger partial charge on any atom is -0.366 e. The molecule has 1 N–H and O–H groups in total. The second kappa shape index (κ2) is 6.17. The van der Waals surface area contributed by atoms with Crippen molar-refractivity contribution in [2.24, 2.45) is 0 Å². The van der Waals surface area contributed by atoms with E-state index in [1.54, 1.807) is 0 Å². The van der Waals surface area contributed by atoms with Crippen LogP contribution in [-0.4, -0.2) is 24.7 Å². The van der Waals surface area contributed by atoms with Crippen molar-refractivity contribution < 1.29 is 0 Å². The molecule has 1 unspecified atom stereocenters. The first-order valence-corrected chi connectivity index (χ1v) is 8.13. The van der Waals surface area contributed by atoms with Gasteiger partial charge in [0.1, 0.15) is 0 Å². The van der Waals surface area contributed by atoms with E-state index in [9.17, 15) is 0 Å². The average molecular weight is 274 g/mol. The van der Waals surface area contributed by atoms with Crippen LogP contribution < -0.4 is 10.2 Å². The summed E-state index contributed by atoms with van der Waals surface area (Å²) in [7, 11) is 0. The van der Waals surface area contributed by atoms with E-state index in [-0.39, 0.29) is 5.54 Å². The normalized spacial score (nSPS) is 22.3. The summed E-state index contributed by atoms with van der Waals surface area (Å²) >= 11 is 0. The Hall–Kier alpha value is -1.02. The minimum atomic E-state index is 0.278. The molecule has 0 aliphatic carbocycles. The molecule has 0 radical (unpaired) electrons. The Bertz CT molecular complexity index is 435. The van der Waals surface area contributed by atoms with Gasteiger partial charge in [0.25, 0.3) is 0 Å². The van der Waals surface area contributed by atoms with Crippen molar-refractivity contribution in [3.05, 3.63) is 29.8 Å². The summed E-state index contributed by atoms with van der Waals surface area (Å²) in [5, 5.41) is 3.78. The van der Waals surface area contributed by atoms with Gasteiger partial charge in [-0.2, -0.15) is 0 Å². The summed E-state index contributed by atoms with van der Waals surface area (Å²) < 4.78 is 0. The molecule has 1 atom stereocenters. The lowest BCUT2D eigenvalue weighted by Gasteiger charge is -2.47. The Morgan fingerprint density at radius 3 is 2.60 bits per heavy atom. The molecule has 2 heteroatoms. The molecule has 0 saturated carbocycles. The van der Waals surface area contributed by atoms with E-state index in [4.69, 9.17) is 0 Å². The van der Waals surface area contributed by atoms with Crippen LogP contribution in [0, 0.1) is 0 Å². The van der Waals surface area contributed by atoms with Gasteiger partial charge in [0, 0.05) is 30.4 Å². The Balaban J connectivity index is 2.27. The van der Waals surface area contributed by atoms with Crippen molar-refractivity contribution in [1.29, 1.82) is 0 Å². The molecule has 1 fully saturated rings. The van der Waals surface area contributed by atoms with Crippen LogP contribution in [0.5, 0.6) is 0 Å². The molecule has 2 rings (SSSR count). The standard InChI is InChI=1S/C18H30N2/c1-6-18(7-2)13-20(15(5)12-19-18)17-10-8-9-16(11-17)14(3)4/h8-11,14-15,19H,6-7,12-13H2,1-5H3. The van der Waals surface area contributed by atoms with E-state index in [0.717, 1.165) is 13.1 Å². The highest BCUT2D eigenvalue weighted by Crippen LogP contribution is 2.29. The average Bonchev–Trinajstić information content (AvgIpc) is 2.48. The van der Waals surface area contributed by atoms with E-state index >= 15 is 0 Å². The number of hydrogen-bond donors (Lipinski definition) is 1. The zero-order valence-electron chi connectivity index (χ0n) is 13.7. The fraction of sp³-hybridized carbons (Fsp3) is 0.667. The molecule has 20 heavy (non-hydrogen) atoms. The third-order valence-electron chi connectivity index (χ3n) is 5.00. The largest absolute Gasteiger partial charge is 0.366 e. The van der Waals surface area contributed by atoms with Gasteiger partial charge in [-0.25, -0.2) is 0 Å². The highest BCUT2D eigenvalue weighted by atomic mass is 15.3. The van der Waals surface area contributed by atoms with Gasteiger partial charge >= 0.3 is 0 Å². The molecule has 2 nitrogen and oxygen atoms in total. The lowest BCUT2D eigenvalue weighted by Crippen LogP contribution is -2.63. The molecule has 1 saturated heterocycles. The number of nitrogens with one attached hydrogen (secondary N) is 1. The second-order valence-corrected chi connectivity index (χ2v) is 6.59. The number of nitrogens with zero attached hydrogens (tertiary/aromatic N) is 1. The molecule has 0 aromatic heterocycles. The fourth-order valence-electron chi connectivity index (χ4n) is 3.14. The lowest BCUT2D eigenvalue weighted by atomic mass is 9.88. The monoisotopic (exact) mass is 274 g/mol. The lowest BCUT2D eigenvalue weighted by molar-refractivity contribution is 0.254. The maximum absolute atomic E-state index is 3.78. The quantitative estimate of drug-likeness (QED) is 0.886. The molecule has 1 aliphatic heterocycles. The fourth-order valence-corrected chi connectivity index (χ4v) is 3.14. The predicted molar refractivity (Wildman–Crippen MR) is 88.7 cm³/mol. The van der Waals surface area contributed by atoms with Crippen LogP contribution in [0.25, 0.3) is 0 Å². The van der Waals surface area contributed by atoms with Crippen molar-refractivity contribution in [2.75, 3.05) is 18.0 Å². The van der Waals surface area contributed by atoms with Crippen LogP contribution in [-0.2, 0) is 0 Å². The summed E-state index contributed by atoms with van der Waals surface area (Å²) in [5.41, 5.74) is 3.10. The van der Waals surface area contributed by atoms with Gasteiger partial charge in [0.2, 0.25) is 0 Å². The van der Waals surface area contributed by atoms with Crippen molar-refractivity contribution in [3.63, 3.8) is 0 Å². The Labute approximate surface area is 124 Å². The van der Waals surface area contributed by atoms with Crippen molar-refractivity contribution in [2.45, 2.75) is 65.0 Å². The van der Waals surface area contributed by atoms with Gasteiger partial charge in [-0.3, -0.25) is 0 Å². The number of benzene rings is 1. The van der Waals surface area contributed by atoms with Gasteiger partial charge in [0.05, 0.1) is 0 Å². The summed E-state index contributed by atoms with van der Waals surface area (Å²) in [6, 6.07) is 9.66. The third kappa shape index (κ3) is 3.01. The molecule has 1 heterocycles. The summed E-state index contributed by atoms with van der Waals surface area (Å²) in [6.07, 6.45) is 2.38. The number of anilines is 1. The molecular weight excluding hydrogens is 244 g/mol. The number of piperazine rings is 1. The second-order valence-electron chi connectivity index (χ2n) is 6.59. The molecule has 0 spiro atoms. The van der Waals surface area contributed by atoms with Gasteiger partial charge < -0.3 is 10.2 Å². The predicted octanol–water partition coefficient (Wildman–Crippen LogP) is 4.17. The highest BCUT2D eigenvalue weighted by molar-refractivity contribution is 5.51. The van der Waals surface area contributed by atoms with Crippen LogP contribution in [0.3, 0.4) is 0 Å². The smallest absolute Gasteiger partial charge is 0.0387 e. The third-order valence-corrected chi connectivity index (χ3v) is 5.00. The molecule has 0 amide bonds. The van der Waals surface area contributed by atoms with E-state index in [2.05, 4.69) is 69.1 Å². The Kier molecular flexibility index (Phi) is 4.74. The van der Waals surface area contributed by atoms with Gasteiger partial charge in [-0.15, -0.1) is 0 Å². The van der Waals surface area contributed by atoms with Gasteiger partial charge in [0.15, 0.2) is 0 Å². The van der Waals surface area contributed by atoms with Crippen LogP contribution in [0.2, 0.25) is 0 Å². The Morgan fingerprint density at radius 1 is 1.30 bits per heavy atom. The summed E-state index contributed by atoms with van der Waals surface area (Å²) in [5.74, 6) is 0.593. The maximum Gasteiger partial charge on any atom is 0.0387 e. The van der Waals surface area contributed by atoms with E-state index in [1.807, 2.05) is 0 Å². The van der Waals surface area contributed by atoms with E-state index in [0.29, 0.717) is 12.0 Å². The molecule has 1 aromatic carbocycles. The zero-order chi connectivity index (χ0) is 14.8. The van der Waals surface area contributed by atoms with Crippen molar-refractivity contribution in [3.8, 4) is 0 Å². The molecular formula is C18H30N2. The summed E-state index contributed by atoms with van der Waals surface area (Å²) in [4.78, 5) is 2.59. The van der Waals surface area contributed by atoms with E-state index < -0.39 is 0 Å². The first-order valence-electron chi connectivity index (χ1n) is 8.13. The van der Waals surface area contributed by atoms with Crippen LogP contribution in [0.4, 0.5) is 5.69 Å². The Morgan fingerprint density at radius 2 is 2.00 bits per heavy atom. The maximum atomic E-state index is 3.78. The van der Waals surface area contributed by atoms with Crippen LogP contribution >= 0.6 is 0 Å². The van der Waals surface area contributed by atoms with Gasteiger partial charge in [-0.1, -0.05) is 39.8 Å². The molecule has 1 aliphatic rings. The topological polar surface area (TPSA) is 15.3 Å². The van der Waals surface area contributed by atoms with Gasteiger partial charge in [-0.05, 0) is 43.4 Å². The first kappa shape index (κ1) is 15.4. The zero-order valence-corrected chi connectivity index (χ0v) is 13.7. The van der Waals surface area contributed by atoms with Crippen molar-refractivity contribution >= 4 is 5.69 Å². The highest BCUT2D eigenvalue weighted by Gasteiger charge is 2.35. The molecule has 112 valence electrons. The van der Waals surface area contributed by atoms with Crippen molar-refractivity contribution in [1.82, 2.24) is 5.32 Å². The minimum absolute atomic E-state index is 0.278. The summed E-state index contributed by atoms with van der Waals surface area (Å²) in [6.45, 7) is 13.6. The first-order chi connectivity index (χ1) is 9.51. The van der Waals surface area contributed by atoms with E-state index in [1.165, 1.54) is 24.1 Å². The van der Waals surface area contributed by atoms with Crippen LogP contribution in [0.15, 0.2) is 24.3 Å². The van der Waals surface area contributed by atoms with Crippen LogP contribution in [0.1, 0.15) is 58.9 Å². The number of rotatable bonds is 4. The SMILES string of the molecule is CCC1(CC)CN(c2cccc(C(C)C)c2)C(C)CN1. The molecule has 1 aromatic rings. The number of hydrogen-bond acceptors (Lipinski definition) is 2.